The van der Waals surface area contributed by atoms with Crippen LogP contribution in [0.3, 0.4) is 0 Å². The number of carbonyl (C=O) groups is 1. The van der Waals surface area contributed by atoms with Gasteiger partial charge in [-0.15, -0.1) is 0 Å². The molecule has 21 heavy (non-hydrogen) atoms. The molecule has 1 amide bonds. The Hall–Kier alpha value is -2.03. The van der Waals surface area contributed by atoms with Crippen LogP contribution in [-0.4, -0.2) is 24.3 Å². The lowest BCUT2D eigenvalue weighted by Gasteiger charge is -2.11. The fourth-order valence-electron chi connectivity index (χ4n) is 1.64. The van der Waals surface area contributed by atoms with Gasteiger partial charge in [0, 0.05) is 12.4 Å². The lowest BCUT2D eigenvalue weighted by molar-refractivity contribution is 0.102. The first-order valence-corrected chi connectivity index (χ1v) is 7.61. The molecule has 0 fully saturated rings. The minimum atomic E-state index is -3.86. The molecule has 0 spiro atoms. The number of nitrogens with one attached hydrogen (secondary N) is 1. The predicted octanol–water partition coefficient (Wildman–Crippen LogP) is 1.34. The van der Waals surface area contributed by atoms with Crippen LogP contribution in [0.2, 0.25) is 5.02 Å². The largest absolute Gasteiger partial charge is 0.320 e. The molecule has 9 heteroatoms. The van der Waals surface area contributed by atoms with Crippen molar-refractivity contribution in [3.8, 4) is 0 Å². The minimum absolute atomic E-state index is 0.0734. The average molecular weight is 327 g/mol. The Morgan fingerprint density at radius 3 is 2.43 bits per heavy atom. The van der Waals surface area contributed by atoms with E-state index >= 15 is 0 Å². The number of anilines is 1. The van der Waals surface area contributed by atoms with Crippen LogP contribution in [0.25, 0.3) is 0 Å². The summed E-state index contributed by atoms with van der Waals surface area (Å²) < 4.78 is 22.6. The number of benzene rings is 1. The van der Waals surface area contributed by atoms with E-state index in [0.717, 1.165) is 0 Å². The number of aromatic nitrogens is 2. The molecule has 0 aliphatic heterocycles. The van der Waals surface area contributed by atoms with Gasteiger partial charge < -0.3 is 5.32 Å². The summed E-state index contributed by atoms with van der Waals surface area (Å²) in [5.74, 6) is -0.455. The van der Waals surface area contributed by atoms with Crippen LogP contribution >= 0.6 is 11.6 Å². The summed E-state index contributed by atoms with van der Waals surface area (Å²) in [7, 11) is -3.86. The number of sulfonamides is 1. The summed E-state index contributed by atoms with van der Waals surface area (Å²) in [6.45, 7) is 1.61. The van der Waals surface area contributed by atoms with Gasteiger partial charge in [0.1, 0.15) is 6.33 Å². The van der Waals surface area contributed by atoms with E-state index in [0.29, 0.717) is 11.3 Å². The van der Waals surface area contributed by atoms with Crippen LogP contribution in [0.4, 0.5) is 5.69 Å². The molecule has 1 aromatic heterocycles. The highest BCUT2D eigenvalue weighted by molar-refractivity contribution is 7.89. The van der Waals surface area contributed by atoms with E-state index in [4.69, 9.17) is 16.7 Å². The summed E-state index contributed by atoms with van der Waals surface area (Å²) >= 11 is 6.01. The van der Waals surface area contributed by atoms with Gasteiger partial charge in [0.15, 0.2) is 0 Å². The summed E-state index contributed by atoms with van der Waals surface area (Å²) in [6, 6.07) is 2.51. The smallest absolute Gasteiger partial charge is 0.258 e. The quantitative estimate of drug-likeness (QED) is 0.883. The van der Waals surface area contributed by atoms with Crippen molar-refractivity contribution in [3.05, 3.63) is 47.0 Å². The van der Waals surface area contributed by atoms with Crippen molar-refractivity contribution >= 4 is 33.2 Å². The van der Waals surface area contributed by atoms with Gasteiger partial charge in [-0.25, -0.2) is 23.5 Å². The van der Waals surface area contributed by atoms with Gasteiger partial charge in [-0.1, -0.05) is 11.6 Å². The molecule has 0 bridgehead atoms. The molecule has 0 unspecified atom stereocenters. The number of aryl methyl sites for hydroxylation is 1. The first kappa shape index (κ1) is 15.4. The predicted molar refractivity (Wildman–Crippen MR) is 77.5 cm³/mol. The second-order valence-corrected chi connectivity index (χ2v) is 6.19. The van der Waals surface area contributed by atoms with Gasteiger partial charge in [-0.2, -0.15) is 0 Å². The average Bonchev–Trinajstić information content (AvgIpc) is 2.42. The molecule has 3 N–H and O–H groups in total. The molecule has 0 radical (unpaired) electrons. The number of rotatable bonds is 3. The zero-order chi connectivity index (χ0) is 15.6. The van der Waals surface area contributed by atoms with Crippen LogP contribution in [0.15, 0.2) is 35.7 Å². The zero-order valence-electron chi connectivity index (χ0n) is 10.9. The summed E-state index contributed by atoms with van der Waals surface area (Å²) in [5.41, 5.74) is 1.03. The fraction of sp³-hybridized carbons (Fsp3) is 0.0833. The van der Waals surface area contributed by atoms with Gasteiger partial charge in [-0.3, -0.25) is 4.79 Å². The Morgan fingerprint density at radius 1 is 1.29 bits per heavy atom. The third kappa shape index (κ3) is 3.54. The van der Waals surface area contributed by atoms with Crippen molar-refractivity contribution in [1.29, 1.82) is 0 Å². The Kier molecular flexibility index (Phi) is 4.21. The van der Waals surface area contributed by atoms with Gasteiger partial charge in [0.25, 0.3) is 5.91 Å². The van der Waals surface area contributed by atoms with E-state index in [1.165, 1.54) is 30.9 Å². The van der Waals surface area contributed by atoms with Crippen molar-refractivity contribution in [3.63, 3.8) is 0 Å². The summed E-state index contributed by atoms with van der Waals surface area (Å²) in [4.78, 5) is 19.4. The second-order valence-electron chi connectivity index (χ2n) is 4.22. The Bertz CT molecular complexity index is 770. The monoisotopic (exact) mass is 326 g/mol. The molecule has 1 heterocycles. The van der Waals surface area contributed by atoms with E-state index in [1.54, 1.807) is 6.92 Å². The number of nitrogens with two attached hydrogens (primary N) is 1. The molecule has 2 rings (SSSR count). The SMILES string of the molecule is Cc1cc(S(N)(=O)=O)cc(Cl)c1NC(=O)c1cncnc1. The molecule has 110 valence electrons. The third-order valence-corrected chi connectivity index (χ3v) is 3.84. The number of hydrogen-bond donors (Lipinski definition) is 2. The molecule has 0 aliphatic carbocycles. The molecular weight excluding hydrogens is 316 g/mol. The van der Waals surface area contributed by atoms with Crippen molar-refractivity contribution in [2.45, 2.75) is 11.8 Å². The normalized spacial score (nSPS) is 11.2. The van der Waals surface area contributed by atoms with Gasteiger partial charge in [-0.05, 0) is 24.6 Å². The lowest BCUT2D eigenvalue weighted by Crippen LogP contribution is -2.16. The maximum atomic E-state index is 12.0. The van der Waals surface area contributed by atoms with Crippen LogP contribution < -0.4 is 10.5 Å². The fourth-order valence-corrected chi connectivity index (χ4v) is 2.64. The number of amides is 1. The molecular formula is C12H11ClN4O3S. The number of halogens is 1. The Balaban J connectivity index is 2.36. The van der Waals surface area contributed by atoms with Crippen molar-refractivity contribution in [2.75, 3.05) is 5.32 Å². The van der Waals surface area contributed by atoms with Crippen LogP contribution in [0.5, 0.6) is 0 Å². The van der Waals surface area contributed by atoms with E-state index in [-0.39, 0.29) is 15.5 Å². The first-order valence-electron chi connectivity index (χ1n) is 5.68. The molecule has 0 atom stereocenters. The second kappa shape index (κ2) is 5.76. The third-order valence-electron chi connectivity index (χ3n) is 2.65. The number of carbonyl (C=O) groups excluding carboxylic acids is 1. The first-order chi connectivity index (χ1) is 9.79. The van der Waals surface area contributed by atoms with E-state index in [1.807, 2.05) is 0 Å². The number of hydrogen-bond acceptors (Lipinski definition) is 5. The van der Waals surface area contributed by atoms with E-state index in [9.17, 15) is 13.2 Å². The molecule has 0 saturated heterocycles. The van der Waals surface area contributed by atoms with E-state index in [2.05, 4.69) is 15.3 Å². The molecule has 1 aromatic carbocycles. The van der Waals surface area contributed by atoms with Gasteiger partial charge in [0.2, 0.25) is 10.0 Å². The van der Waals surface area contributed by atoms with Gasteiger partial charge >= 0.3 is 0 Å². The lowest BCUT2D eigenvalue weighted by atomic mass is 10.2. The van der Waals surface area contributed by atoms with Crippen LogP contribution in [0, 0.1) is 6.92 Å². The Morgan fingerprint density at radius 2 is 1.90 bits per heavy atom. The zero-order valence-corrected chi connectivity index (χ0v) is 12.4. The standard InChI is InChI=1S/C12H11ClN4O3S/c1-7-2-9(21(14,19)20)3-10(13)11(7)17-12(18)8-4-15-6-16-5-8/h2-6H,1H3,(H,17,18)(H2,14,19,20). The number of nitrogens with zero attached hydrogens (tertiary/aromatic N) is 2. The van der Waals surface area contributed by atoms with Crippen molar-refractivity contribution < 1.29 is 13.2 Å². The minimum Gasteiger partial charge on any atom is -0.320 e. The van der Waals surface area contributed by atoms with Crippen molar-refractivity contribution in [2.24, 2.45) is 5.14 Å². The van der Waals surface area contributed by atoms with Crippen LogP contribution in [0.1, 0.15) is 15.9 Å². The molecule has 7 nitrogen and oxygen atoms in total. The maximum absolute atomic E-state index is 12.0. The van der Waals surface area contributed by atoms with Crippen molar-refractivity contribution in [1.82, 2.24) is 9.97 Å². The molecule has 0 saturated carbocycles. The van der Waals surface area contributed by atoms with E-state index < -0.39 is 15.9 Å². The highest BCUT2D eigenvalue weighted by atomic mass is 35.5. The topological polar surface area (TPSA) is 115 Å². The summed E-state index contributed by atoms with van der Waals surface area (Å²) in [6.07, 6.45) is 4.00. The Labute approximate surface area is 126 Å². The highest BCUT2D eigenvalue weighted by Gasteiger charge is 2.16. The number of primary sulfonamides is 1. The summed E-state index contributed by atoms with van der Waals surface area (Å²) in [5, 5.41) is 7.71. The highest BCUT2D eigenvalue weighted by Crippen LogP contribution is 2.29. The van der Waals surface area contributed by atoms with Crippen LogP contribution in [-0.2, 0) is 10.0 Å². The maximum Gasteiger partial charge on any atom is 0.258 e. The molecule has 2 aromatic rings. The van der Waals surface area contributed by atoms with Gasteiger partial charge in [0.05, 0.1) is 21.2 Å². The molecule has 0 aliphatic rings.